The molecular weight excluding hydrogens is 294 g/mol. The number of nitrogens with zero attached hydrogens (tertiary/aromatic N) is 5. The minimum Gasteiger partial charge on any atom is -0.463 e. The van der Waals surface area contributed by atoms with Crippen LogP contribution < -0.4 is 4.74 Å². The summed E-state index contributed by atoms with van der Waals surface area (Å²) in [7, 11) is 0. The molecular formula is C9H10ClN5OS2. The molecule has 6 nitrogen and oxygen atoms in total. The highest BCUT2D eigenvalue weighted by molar-refractivity contribution is 8.00. The molecule has 96 valence electrons. The van der Waals surface area contributed by atoms with Crippen LogP contribution in [0.3, 0.4) is 0 Å². The predicted molar refractivity (Wildman–Crippen MR) is 69.4 cm³/mol. The van der Waals surface area contributed by atoms with Crippen LogP contribution in [0.15, 0.2) is 9.50 Å². The van der Waals surface area contributed by atoms with Gasteiger partial charge in [0.1, 0.15) is 5.01 Å². The van der Waals surface area contributed by atoms with Crippen molar-refractivity contribution < 1.29 is 4.74 Å². The van der Waals surface area contributed by atoms with E-state index in [0.29, 0.717) is 11.8 Å². The normalized spacial score (nSPS) is 10.6. The lowest BCUT2D eigenvalue weighted by molar-refractivity contribution is 0.288. The molecule has 0 atom stereocenters. The Morgan fingerprint density at radius 1 is 1.28 bits per heavy atom. The number of hydrogen-bond donors (Lipinski definition) is 0. The van der Waals surface area contributed by atoms with Gasteiger partial charge in [0.25, 0.3) is 0 Å². The van der Waals surface area contributed by atoms with Crippen molar-refractivity contribution in [3.63, 3.8) is 0 Å². The fourth-order valence-electron chi connectivity index (χ4n) is 1.02. The first-order chi connectivity index (χ1) is 8.67. The Morgan fingerprint density at radius 2 is 2.11 bits per heavy atom. The van der Waals surface area contributed by atoms with E-state index in [1.165, 1.54) is 23.1 Å². The van der Waals surface area contributed by atoms with Crippen LogP contribution in [0.25, 0.3) is 0 Å². The third-order valence-corrected chi connectivity index (χ3v) is 3.61. The predicted octanol–water partition coefficient (Wildman–Crippen LogP) is 2.62. The Balaban J connectivity index is 2.14. The van der Waals surface area contributed by atoms with E-state index in [4.69, 9.17) is 16.3 Å². The van der Waals surface area contributed by atoms with Crippen molar-refractivity contribution in [3.8, 4) is 6.01 Å². The van der Waals surface area contributed by atoms with Gasteiger partial charge in [0.05, 0.1) is 6.61 Å². The van der Waals surface area contributed by atoms with Crippen LogP contribution in [-0.2, 0) is 0 Å². The van der Waals surface area contributed by atoms with Crippen LogP contribution in [0.5, 0.6) is 6.01 Å². The summed E-state index contributed by atoms with van der Waals surface area (Å²) in [5, 5.41) is 9.35. The van der Waals surface area contributed by atoms with Crippen molar-refractivity contribution in [1.29, 1.82) is 0 Å². The average molecular weight is 304 g/mol. The molecule has 0 aliphatic carbocycles. The summed E-state index contributed by atoms with van der Waals surface area (Å²) in [4.78, 5) is 12.1. The number of hydrogen-bond acceptors (Lipinski definition) is 8. The summed E-state index contributed by atoms with van der Waals surface area (Å²) in [5.74, 6) is 0. The Labute approximate surface area is 117 Å². The van der Waals surface area contributed by atoms with E-state index < -0.39 is 0 Å². The van der Waals surface area contributed by atoms with Crippen LogP contribution >= 0.6 is 34.7 Å². The molecule has 0 unspecified atom stereocenters. The molecule has 0 saturated heterocycles. The molecule has 0 bridgehead atoms. The third kappa shape index (κ3) is 3.76. The monoisotopic (exact) mass is 303 g/mol. The van der Waals surface area contributed by atoms with Gasteiger partial charge >= 0.3 is 6.01 Å². The zero-order chi connectivity index (χ0) is 13.0. The van der Waals surface area contributed by atoms with Gasteiger partial charge in [-0.25, -0.2) is 0 Å². The van der Waals surface area contributed by atoms with Gasteiger partial charge in [0.2, 0.25) is 10.4 Å². The van der Waals surface area contributed by atoms with Crippen LogP contribution in [-0.4, -0.2) is 31.8 Å². The second kappa shape index (κ2) is 6.26. The molecule has 0 aliphatic rings. The van der Waals surface area contributed by atoms with E-state index in [9.17, 15) is 0 Å². The van der Waals surface area contributed by atoms with E-state index >= 15 is 0 Å². The summed E-state index contributed by atoms with van der Waals surface area (Å²) in [6.45, 7) is 4.43. The van der Waals surface area contributed by atoms with E-state index in [1.54, 1.807) is 0 Å². The van der Waals surface area contributed by atoms with Gasteiger partial charge in [-0.3, -0.25) is 0 Å². The van der Waals surface area contributed by atoms with Crippen molar-refractivity contribution in [2.24, 2.45) is 0 Å². The quantitative estimate of drug-likeness (QED) is 0.840. The van der Waals surface area contributed by atoms with Gasteiger partial charge in [0, 0.05) is 0 Å². The first-order valence-electron chi connectivity index (χ1n) is 5.19. The van der Waals surface area contributed by atoms with Gasteiger partial charge in [0.15, 0.2) is 4.34 Å². The summed E-state index contributed by atoms with van der Waals surface area (Å²) >= 11 is 8.57. The van der Waals surface area contributed by atoms with Gasteiger partial charge in [-0.1, -0.05) is 18.3 Å². The van der Waals surface area contributed by atoms with Crippen LogP contribution in [0.4, 0.5) is 0 Å². The van der Waals surface area contributed by atoms with Crippen molar-refractivity contribution in [2.45, 2.75) is 29.8 Å². The summed E-state index contributed by atoms with van der Waals surface area (Å²) in [6, 6.07) is 0.237. The minimum atomic E-state index is 0.111. The topological polar surface area (TPSA) is 73.7 Å². The number of aryl methyl sites for hydroxylation is 1. The molecule has 0 N–H and O–H groups in total. The largest absolute Gasteiger partial charge is 0.463 e. The van der Waals surface area contributed by atoms with Gasteiger partial charge in [-0.2, -0.15) is 15.0 Å². The van der Waals surface area contributed by atoms with Crippen molar-refractivity contribution >= 4 is 34.7 Å². The number of halogens is 1. The lowest BCUT2D eigenvalue weighted by Gasteiger charge is -2.03. The molecule has 2 aromatic rings. The molecule has 0 aliphatic heterocycles. The molecule has 2 rings (SSSR count). The van der Waals surface area contributed by atoms with Crippen molar-refractivity contribution in [2.75, 3.05) is 6.61 Å². The van der Waals surface area contributed by atoms with Gasteiger partial charge < -0.3 is 4.74 Å². The van der Waals surface area contributed by atoms with E-state index in [1.807, 2.05) is 13.8 Å². The minimum absolute atomic E-state index is 0.111. The molecule has 9 heteroatoms. The van der Waals surface area contributed by atoms with Gasteiger partial charge in [-0.15, -0.1) is 10.2 Å². The molecule has 0 spiro atoms. The third-order valence-electron chi connectivity index (χ3n) is 1.69. The van der Waals surface area contributed by atoms with Crippen molar-refractivity contribution in [3.05, 3.63) is 10.3 Å². The fraction of sp³-hybridized carbons (Fsp3) is 0.444. The highest BCUT2D eigenvalue weighted by Crippen LogP contribution is 2.28. The lowest BCUT2D eigenvalue weighted by atomic mass is 10.5. The number of aromatic nitrogens is 5. The van der Waals surface area contributed by atoms with Crippen LogP contribution in [0.1, 0.15) is 18.4 Å². The summed E-state index contributed by atoms with van der Waals surface area (Å²) in [6.07, 6.45) is 0.876. The molecule has 2 heterocycles. The van der Waals surface area contributed by atoms with Crippen molar-refractivity contribution in [1.82, 2.24) is 25.1 Å². The average Bonchev–Trinajstić information content (AvgIpc) is 2.71. The number of ether oxygens (including phenoxy) is 1. The van der Waals surface area contributed by atoms with E-state index in [0.717, 1.165) is 15.8 Å². The zero-order valence-electron chi connectivity index (χ0n) is 9.75. The smallest absolute Gasteiger partial charge is 0.321 e. The standard InChI is InChI=1S/C9H10ClN5OS2/c1-3-4-16-7-11-6(10)12-8(13-7)18-9-15-14-5(2)17-9/h3-4H2,1-2H3. The fourth-order valence-corrected chi connectivity index (χ4v) is 2.88. The highest BCUT2D eigenvalue weighted by Gasteiger charge is 2.10. The van der Waals surface area contributed by atoms with Gasteiger partial charge in [-0.05, 0) is 36.7 Å². The Bertz CT molecular complexity index is 535. The summed E-state index contributed by atoms with van der Waals surface area (Å²) < 4.78 is 6.09. The highest BCUT2D eigenvalue weighted by atomic mass is 35.5. The summed E-state index contributed by atoms with van der Waals surface area (Å²) in [5.41, 5.74) is 0. The molecule has 0 aromatic carbocycles. The number of rotatable bonds is 5. The SMILES string of the molecule is CCCOc1nc(Cl)nc(Sc2nnc(C)s2)n1. The Hall–Kier alpha value is -0.990. The molecule has 0 radical (unpaired) electrons. The second-order valence-corrected chi connectivity index (χ2v) is 5.94. The van der Waals surface area contributed by atoms with Crippen LogP contribution in [0.2, 0.25) is 5.28 Å². The molecule has 2 aromatic heterocycles. The second-order valence-electron chi connectivity index (χ2n) is 3.21. The maximum Gasteiger partial charge on any atom is 0.321 e. The molecule has 0 saturated carbocycles. The lowest BCUT2D eigenvalue weighted by Crippen LogP contribution is -2.02. The molecule has 0 fully saturated rings. The maximum absolute atomic E-state index is 5.81. The van der Waals surface area contributed by atoms with E-state index in [-0.39, 0.29) is 11.3 Å². The Kier molecular flexibility index (Phi) is 4.67. The molecule has 18 heavy (non-hydrogen) atoms. The maximum atomic E-state index is 5.81. The Morgan fingerprint density at radius 3 is 2.78 bits per heavy atom. The zero-order valence-corrected chi connectivity index (χ0v) is 12.1. The first-order valence-corrected chi connectivity index (χ1v) is 7.21. The first kappa shape index (κ1) is 13.4. The molecule has 0 amide bonds. The van der Waals surface area contributed by atoms with Crippen LogP contribution in [0, 0.1) is 6.92 Å². The van der Waals surface area contributed by atoms with E-state index in [2.05, 4.69) is 25.1 Å².